The van der Waals surface area contributed by atoms with Crippen molar-refractivity contribution < 1.29 is 19.2 Å². The summed E-state index contributed by atoms with van der Waals surface area (Å²) in [6.07, 6.45) is 0.370. The van der Waals surface area contributed by atoms with Crippen molar-refractivity contribution in [2.24, 2.45) is 5.73 Å². The molecule has 1 unspecified atom stereocenters. The van der Waals surface area contributed by atoms with E-state index in [1.807, 2.05) is 0 Å². The van der Waals surface area contributed by atoms with Crippen LogP contribution in [0.25, 0.3) is 0 Å². The molecule has 1 aromatic heterocycles. The molecule has 0 aliphatic carbocycles. The van der Waals surface area contributed by atoms with E-state index in [1.54, 1.807) is 0 Å². The number of nitrogens with one attached hydrogen (secondary N) is 4. The zero-order valence-electron chi connectivity index (χ0n) is 14.4. The van der Waals surface area contributed by atoms with Crippen LogP contribution in [0.1, 0.15) is 25.7 Å². The van der Waals surface area contributed by atoms with Crippen molar-refractivity contribution in [2.45, 2.75) is 43.9 Å². The van der Waals surface area contributed by atoms with Crippen LogP contribution in [0.15, 0.2) is 0 Å². The maximum absolute atomic E-state index is 12.9. The monoisotopic (exact) mass is 379 g/mol. The highest BCUT2D eigenvalue weighted by molar-refractivity contribution is 5.96. The molecule has 27 heavy (non-hydrogen) atoms. The fourth-order valence-corrected chi connectivity index (χ4v) is 3.17. The maximum atomic E-state index is 12.9. The summed E-state index contributed by atoms with van der Waals surface area (Å²) in [6.45, 7) is 0.330. The van der Waals surface area contributed by atoms with Gasteiger partial charge in [-0.2, -0.15) is 4.98 Å². The Morgan fingerprint density at radius 3 is 2.67 bits per heavy atom. The van der Waals surface area contributed by atoms with Crippen LogP contribution in [0.3, 0.4) is 0 Å². The van der Waals surface area contributed by atoms with Gasteiger partial charge in [-0.15, -0.1) is 5.10 Å². The Kier molecular flexibility index (Phi) is 5.09. The quantitative estimate of drug-likeness (QED) is 0.280. The van der Waals surface area contributed by atoms with Crippen LogP contribution >= 0.6 is 0 Å². The molecule has 4 amide bonds. The van der Waals surface area contributed by atoms with Gasteiger partial charge in [-0.05, 0) is 19.3 Å². The molecule has 0 radical (unpaired) electrons. The SMILES string of the molecule is NC(=O)[C@@H]1CCCN1C(=O)C(NC(=O)[C@@H]1CCC(=O)N1)Nc1n[nH]c(N)n1. The first-order valence-corrected chi connectivity index (χ1v) is 8.49. The topological polar surface area (TPSA) is 201 Å². The standard InChI is InChI=1S/C14H21N9O4/c15-9(25)7-2-1-5-23(7)12(27)10(19-14-20-13(16)21-22-14)18-11(26)6-3-4-8(24)17-6/h6-7,10H,1-5H2,(H2,15,25)(H,17,24)(H,18,26)(H4,16,19,20,21,22)/t6-,7-,10?/m0/s1. The molecule has 2 fully saturated rings. The summed E-state index contributed by atoms with van der Waals surface area (Å²) < 4.78 is 0. The van der Waals surface area contributed by atoms with E-state index in [4.69, 9.17) is 11.5 Å². The van der Waals surface area contributed by atoms with Crippen molar-refractivity contribution in [3.05, 3.63) is 0 Å². The van der Waals surface area contributed by atoms with Crippen LogP contribution in [0.4, 0.5) is 11.9 Å². The van der Waals surface area contributed by atoms with Crippen LogP contribution < -0.4 is 27.4 Å². The molecule has 2 aliphatic rings. The van der Waals surface area contributed by atoms with E-state index in [-0.39, 0.29) is 24.2 Å². The molecule has 1 aromatic rings. The number of hydrogen-bond donors (Lipinski definition) is 6. The van der Waals surface area contributed by atoms with Crippen LogP contribution in [-0.2, 0) is 19.2 Å². The number of aromatic amines is 1. The number of amides is 4. The minimum Gasteiger partial charge on any atom is -0.368 e. The van der Waals surface area contributed by atoms with Gasteiger partial charge in [0.2, 0.25) is 29.6 Å². The lowest BCUT2D eigenvalue weighted by atomic mass is 10.2. The summed E-state index contributed by atoms with van der Waals surface area (Å²) in [6, 6.07) is -1.49. The van der Waals surface area contributed by atoms with E-state index in [1.165, 1.54) is 4.90 Å². The minimum absolute atomic E-state index is 0.00331. The van der Waals surface area contributed by atoms with Gasteiger partial charge in [-0.3, -0.25) is 19.2 Å². The first-order chi connectivity index (χ1) is 12.8. The molecule has 3 heterocycles. The highest BCUT2D eigenvalue weighted by Crippen LogP contribution is 2.18. The number of carbonyl (C=O) groups excluding carboxylic acids is 4. The third-order valence-corrected chi connectivity index (χ3v) is 4.49. The van der Waals surface area contributed by atoms with Gasteiger partial charge in [0.05, 0.1) is 0 Å². The second kappa shape index (κ2) is 7.47. The predicted octanol–water partition coefficient (Wildman–Crippen LogP) is -3.00. The zero-order valence-corrected chi connectivity index (χ0v) is 14.4. The molecule has 0 spiro atoms. The smallest absolute Gasteiger partial charge is 0.266 e. The molecule has 0 saturated carbocycles. The first-order valence-electron chi connectivity index (χ1n) is 8.49. The molecule has 3 atom stereocenters. The molecule has 146 valence electrons. The van der Waals surface area contributed by atoms with E-state index in [2.05, 4.69) is 31.1 Å². The number of likely N-dealkylation sites (tertiary alicyclic amines) is 1. The molecule has 0 aromatic carbocycles. The van der Waals surface area contributed by atoms with Crippen LogP contribution in [-0.4, -0.2) is 68.5 Å². The zero-order chi connectivity index (χ0) is 19.6. The lowest BCUT2D eigenvalue weighted by Gasteiger charge is -2.28. The summed E-state index contributed by atoms with van der Waals surface area (Å²) in [5.74, 6) is -1.93. The Bertz CT molecular complexity index is 764. The van der Waals surface area contributed by atoms with Crippen molar-refractivity contribution in [1.82, 2.24) is 30.7 Å². The number of nitrogens with zero attached hydrogens (tertiary/aromatic N) is 3. The van der Waals surface area contributed by atoms with Gasteiger partial charge in [0.25, 0.3) is 5.91 Å². The average Bonchev–Trinajstić information content (AvgIpc) is 3.34. The normalized spacial score (nSPS) is 23.0. The Morgan fingerprint density at radius 2 is 2.07 bits per heavy atom. The van der Waals surface area contributed by atoms with Crippen LogP contribution in [0.5, 0.6) is 0 Å². The number of rotatable bonds is 6. The van der Waals surface area contributed by atoms with E-state index < -0.39 is 36.0 Å². The van der Waals surface area contributed by atoms with Gasteiger partial charge in [0.1, 0.15) is 12.1 Å². The van der Waals surface area contributed by atoms with E-state index in [0.29, 0.717) is 25.8 Å². The fraction of sp³-hybridized carbons (Fsp3) is 0.571. The van der Waals surface area contributed by atoms with Gasteiger partial charge in [0.15, 0.2) is 6.17 Å². The van der Waals surface area contributed by atoms with E-state index >= 15 is 0 Å². The molecular formula is C14H21N9O4. The van der Waals surface area contributed by atoms with Crippen molar-refractivity contribution in [3.63, 3.8) is 0 Å². The molecule has 3 rings (SSSR count). The van der Waals surface area contributed by atoms with Crippen molar-refractivity contribution >= 4 is 35.5 Å². The molecular weight excluding hydrogens is 358 g/mol. The summed E-state index contributed by atoms with van der Waals surface area (Å²) in [4.78, 5) is 53.5. The Balaban J connectivity index is 1.76. The lowest BCUT2D eigenvalue weighted by Crippen LogP contribution is -2.58. The number of hydrogen-bond acceptors (Lipinski definition) is 8. The van der Waals surface area contributed by atoms with Gasteiger partial charge >= 0.3 is 0 Å². The van der Waals surface area contributed by atoms with Crippen molar-refractivity contribution in [1.29, 1.82) is 0 Å². The Morgan fingerprint density at radius 1 is 1.30 bits per heavy atom. The van der Waals surface area contributed by atoms with Gasteiger partial charge in [-0.1, -0.05) is 0 Å². The summed E-state index contributed by atoms with van der Waals surface area (Å²) >= 11 is 0. The molecule has 0 bridgehead atoms. The Labute approximate surface area is 153 Å². The van der Waals surface area contributed by atoms with Crippen LogP contribution in [0.2, 0.25) is 0 Å². The number of carbonyl (C=O) groups is 4. The lowest BCUT2D eigenvalue weighted by molar-refractivity contribution is -0.140. The summed E-state index contributed by atoms with van der Waals surface area (Å²) in [5.41, 5.74) is 10.8. The highest BCUT2D eigenvalue weighted by Gasteiger charge is 2.38. The largest absolute Gasteiger partial charge is 0.368 e. The number of H-pyrrole nitrogens is 1. The van der Waals surface area contributed by atoms with Crippen molar-refractivity contribution in [3.8, 4) is 0 Å². The summed E-state index contributed by atoms with van der Waals surface area (Å²) in [5, 5.41) is 13.9. The van der Waals surface area contributed by atoms with E-state index in [0.717, 1.165) is 0 Å². The second-order valence-corrected chi connectivity index (χ2v) is 6.38. The fourth-order valence-electron chi connectivity index (χ4n) is 3.17. The number of primary amides is 1. The molecule has 2 saturated heterocycles. The molecule has 2 aliphatic heterocycles. The summed E-state index contributed by atoms with van der Waals surface area (Å²) in [7, 11) is 0. The molecule has 8 N–H and O–H groups in total. The number of nitrogens with two attached hydrogens (primary N) is 2. The maximum Gasteiger partial charge on any atom is 0.266 e. The van der Waals surface area contributed by atoms with Crippen LogP contribution in [0, 0.1) is 0 Å². The third kappa shape index (κ3) is 4.07. The van der Waals surface area contributed by atoms with Crippen molar-refractivity contribution in [2.75, 3.05) is 17.6 Å². The van der Waals surface area contributed by atoms with Gasteiger partial charge in [-0.25, -0.2) is 5.10 Å². The first kappa shape index (κ1) is 18.4. The highest BCUT2D eigenvalue weighted by atomic mass is 16.2. The minimum atomic E-state index is -1.26. The van der Waals surface area contributed by atoms with Gasteiger partial charge in [0, 0.05) is 13.0 Å². The molecule has 13 heteroatoms. The van der Waals surface area contributed by atoms with E-state index in [9.17, 15) is 19.2 Å². The molecule has 13 nitrogen and oxygen atoms in total. The number of anilines is 2. The number of nitrogen functional groups attached to an aromatic ring is 1. The number of aromatic nitrogens is 3. The predicted molar refractivity (Wildman–Crippen MR) is 91.4 cm³/mol. The Hall–Kier alpha value is -3.38. The van der Waals surface area contributed by atoms with Gasteiger partial charge < -0.3 is 32.3 Å². The third-order valence-electron chi connectivity index (χ3n) is 4.49. The average molecular weight is 379 g/mol. The second-order valence-electron chi connectivity index (χ2n) is 6.38.